The van der Waals surface area contributed by atoms with E-state index in [0.29, 0.717) is 17.7 Å². The van der Waals surface area contributed by atoms with Crippen molar-refractivity contribution in [3.05, 3.63) is 22.2 Å². The SMILES string of the molecule is CCC1CCCC(Nc2cc(=O)[nH]c(C)n2)C1. The molecule has 2 atom stereocenters. The second-order valence-corrected chi connectivity index (χ2v) is 5.00. The number of nitrogens with one attached hydrogen (secondary N) is 2. The average Bonchev–Trinajstić information content (AvgIpc) is 2.28. The minimum Gasteiger partial charge on any atom is -0.367 e. The molecule has 4 heteroatoms. The van der Waals surface area contributed by atoms with Crippen LogP contribution in [0.25, 0.3) is 0 Å². The summed E-state index contributed by atoms with van der Waals surface area (Å²) in [6.07, 6.45) is 6.25. The standard InChI is InChI=1S/C13H21N3O/c1-3-10-5-4-6-11(7-10)16-12-8-13(17)15-9(2)14-12/h8,10-11H,3-7H2,1-2H3,(H2,14,15,16,17). The molecule has 4 nitrogen and oxygen atoms in total. The Hall–Kier alpha value is -1.32. The van der Waals surface area contributed by atoms with Crippen LogP contribution in [0.3, 0.4) is 0 Å². The molecule has 1 heterocycles. The third kappa shape index (κ3) is 3.32. The first-order chi connectivity index (χ1) is 8.17. The van der Waals surface area contributed by atoms with E-state index in [1.54, 1.807) is 6.07 Å². The van der Waals surface area contributed by atoms with Crippen molar-refractivity contribution in [2.75, 3.05) is 5.32 Å². The molecule has 94 valence electrons. The van der Waals surface area contributed by atoms with Crippen molar-refractivity contribution < 1.29 is 0 Å². The van der Waals surface area contributed by atoms with E-state index in [2.05, 4.69) is 22.2 Å². The summed E-state index contributed by atoms with van der Waals surface area (Å²) in [6.45, 7) is 4.06. The van der Waals surface area contributed by atoms with Crippen LogP contribution >= 0.6 is 0 Å². The van der Waals surface area contributed by atoms with Crippen LogP contribution < -0.4 is 10.9 Å². The lowest BCUT2D eigenvalue weighted by atomic mass is 9.84. The van der Waals surface area contributed by atoms with Gasteiger partial charge in [0.2, 0.25) is 0 Å². The Morgan fingerprint density at radius 1 is 1.53 bits per heavy atom. The normalized spacial score (nSPS) is 24.6. The molecular weight excluding hydrogens is 214 g/mol. The van der Waals surface area contributed by atoms with Gasteiger partial charge >= 0.3 is 0 Å². The van der Waals surface area contributed by atoms with E-state index in [9.17, 15) is 4.79 Å². The number of anilines is 1. The number of aromatic amines is 1. The highest BCUT2D eigenvalue weighted by atomic mass is 16.1. The van der Waals surface area contributed by atoms with Crippen molar-refractivity contribution in [1.82, 2.24) is 9.97 Å². The molecule has 1 saturated carbocycles. The van der Waals surface area contributed by atoms with Crippen molar-refractivity contribution in [2.24, 2.45) is 5.92 Å². The van der Waals surface area contributed by atoms with Crippen molar-refractivity contribution >= 4 is 5.82 Å². The number of rotatable bonds is 3. The van der Waals surface area contributed by atoms with Crippen molar-refractivity contribution in [1.29, 1.82) is 0 Å². The molecule has 2 rings (SSSR count). The molecule has 1 fully saturated rings. The molecule has 1 aromatic heterocycles. The first-order valence-electron chi connectivity index (χ1n) is 6.52. The molecule has 17 heavy (non-hydrogen) atoms. The van der Waals surface area contributed by atoms with Crippen LogP contribution in [-0.2, 0) is 0 Å². The molecule has 1 aromatic rings. The highest BCUT2D eigenvalue weighted by Crippen LogP contribution is 2.28. The Morgan fingerprint density at radius 2 is 2.35 bits per heavy atom. The van der Waals surface area contributed by atoms with Gasteiger partial charge in [-0.1, -0.05) is 26.2 Å². The minimum atomic E-state index is -0.0807. The van der Waals surface area contributed by atoms with Gasteiger partial charge in [0.25, 0.3) is 5.56 Å². The highest BCUT2D eigenvalue weighted by Gasteiger charge is 2.20. The fourth-order valence-corrected chi connectivity index (χ4v) is 2.66. The van der Waals surface area contributed by atoms with Crippen LogP contribution in [0.5, 0.6) is 0 Å². The zero-order chi connectivity index (χ0) is 12.3. The topological polar surface area (TPSA) is 57.8 Å². The van der Waals surface area contributed by atoms with Gasteiger partial charge in [-0.2, -0.15) is 0 Å². The van der Waals surface area contributed by atoms with Crippen LogP contribution in [-0.4, -0.2) is 16.0 Å². The summed E-state index contributed by atoms with van der Waals surface area (Å²) in [5.41, 5.74) is -0.0807. The fraction of sp³-hybridized carbons (Fsp3) is 0.692. The van der Waals surface area contributed by atoms with Gasteiger partial charge in [0.05, 0.1) is 0 Å². The van der Waals surface area contributed by atoms with Gasteiger partial charge in [-0.25, -0.2) is 4.98 Å². The first kappa shape index (κ1) is 12.1. The van der Waals surface area contributed by atoms with Crippen LogP contribution in [0.2, 0.25) is 0 Å². The molecule has 0 saturated heterocycles. The molecule has 0 aliphatic heterocycles. The smallest absolute Gasteiger partial charge is 0.252 e. The Labute approximate surface area is 102 Å². The average molecular weight is 235 g/mol. The summed E-state index contributed by atoms with van der Waals surface area (Å²) in [5, 5.41) is 3.40. The van der Waals surface area contributed by atoms with Gasteiger partial charge in [-0.3, -0.25) is 4.79 Å². The Morgan fingerprint density at radius 3 is 3.06 bits per heavy atom. The van der Waals surface area contributed by atoms with Gasteiger partial charge in [-0.05, 0) is 25.7 Å². The lowest BCUT2D eigenvalue weighted by molar-refractivity contribution is 0.327. The van der Waals surface area contributed by atoms with E-state index in [1.807, 2.05) is 6.92 Å². The van der Waals surface area contributed by atoms with Crippen LogP contribution in [0.15, 0.2) is 10.9 Å². The summed E-state index contributed by atoms with van der Waals surface area (Å²) in [6, 6.07) is 2.02. The lowest BCUT2D eigenvalue weighted by Gasteiger charge is -2.29. The lowest BCUT2D eigenvalue weighted by Crippen LogP contribution is -2.28. The van der Waals surface area contributed by atoms with E-state index in [-0.39, 0.29) is 5.56 Å². The zero-order valence-corrected chi connectivity index (χ0v) is 10.6. The van der Waals surface area contributed by atoms with Crippen LogP contribution in [0.1, 0.15) is 44.9 Å². The Bertz CT molecular complexity index is 427. The Kier molecular flexibility index (Phi) is 3.82. The molecule has 1 aliphatic rings. The number of aromatic nitrogens is 2. The number of aryl methyl sites for hydroxylation is 1. The van der Waals surface area contributed by atoms with Crippen LogP contribution in [0, 0.1) is 12.8 Å². The third-order valence-electron chi connectivity index (χ3n) is 3.57. The quantitative estimate of drug-likeness (QED) is 0.846. The fourth-order valence-electron chi connectivity index (χ4n) is 2.66. The zero-order valence-electron chi connectivity index (χ0n) is 10.6. The van der Waals surface area contributed by atoms with Gasteiger partial charge in [-0.15, -0.1) is 0 Å². The number of hydrogen-bond acceptors (Lipinski definition) is 3. The molecule has 0 aromatic carbocycles. The van der Waals surface area contributed by atoms with E-state index >= 15 is 0 Å². The van der Waals surface area contributed by atoms with Gasteiger partial charge in [0.1, 0.15) is 11.6 Å². The second kappa shape index (κ2) is 5.34. The van der Waals surface area contributed by atoms with E-state index in [4.69, 9.17) is 0 Å². The predicted molar refractivity (Wildman–Crippen MR) is 69.3 cm³/mol. The van der Waals surface area contributed by atoms with Crippen molar-refractivity contribution in [3.8, 4) is 0 Å². The predicted octanol–water partition coefficient (Wildman–Crippen LogP) is 2.46. The molecule has 0 radical (unpaired) electrons. The molecule has 1 aliphatic carbocycles. The minimum absolute atomic E-state index is 0.0807. The van der Waals surface area contributed by atoms with Crippen molar-refractivity contribution in [2.45, 2.75) is 52.0 Å². The second-order valence-electron chi connectivity index (χ2n) is 5.00. The molecule has 0 bridgehead atoms. The van der Waals surface area contributed by atoms with Crippen LogP contribution in [0.4, 0.5) is 5.82 Å². The monoisotopic (exact) mass is 235 g/mol. The maximum absolute atomic E-state index is 11.3. The van der Waals surface area contributed by atoms with E-state index < -0.39 is 0 Å². The first-order valence-corrected chi connectivity index (χ1v) is 6.52. The third-order valence-corrected chi connectivity index (χ3v) is 3.57. The maximum Gasteiger partial charge on any atom is 0.252 e. The van der Waals surface area contributed by atoms with Gasteiger partial charge < -0.3 is 10.3 Å². The molecule has 2 N–H and O–H groups in total. The summed E-state index contributed by atoms with van der Waals surface area (Å²) in [5.74, 6) is 2.21. The van der Waals surface area contributed by atoms with Gasteiger partial charge in [0, 0.05) is 12.1 Å². The molecule has 0 spiro atoms. The van der Waals surface area contributed by atoms with E-state index in [0.717, 1.165) is 5.92 Å². The molecule has 2 unspecified atom stereocenters. The summed E-state index contributed by atoms with van der Waals surface area (Å²) >= 11 is 0. The Balaban J connectivity index is 2.02. The molecular formula is C13H21N3O. The summed E-state index contributed by atoms with van der Waals surface area (Å²) in [7, 11) is 0. The van der Waals surface area contributed by atoms with Gasteiger partial charge in [0.15, 0.2) is 0 Å². The number of hydrogen-bond donors (Lipinski definition) is 2. The van der Waals surface area contributed by atoms with Crippen molar-refractivity contribution in [3.63, 3.8) is 0 Å². The maximum atomic E-state index is 11.3. The molecule has 0 amide bonds. The number of H-pyrrole nitrogens is 1. The summed E-state index contributed by atoms with van der Waals surface area (Å²) in [4.78, 5) is 18.3. The largest absolute Gasteiger partial charge is 0.367 e. The summed E-state index contributed by atoms with van der Waals surface area (Å²) < 4.78 is 0. The highest BCUT2D eigenvalue weighted by molar-refractivity contribution is 5.34. The van der Waals surface area contributed by atoms with E-state index in [1.165, 1.54) is 32.1 Å². The number of nitrogens with zero attached hydrogens (tertiary/aromatic N) is 1.